The lowest BCUT2D eigenvalue weighted by Gasteiger charge is -2.30. The zero-order valence-electron chi connectivity index (χ0n) is 47.3. The third-order valence-corrected chi connectivity index (χ3v) is 18.6. The number of benzene rings is 12. The molecular formula is C83H52N4. The number of hydrogen-bond acceptors (Lipinski definition) is 2. The molecule has 1 spiro atoms. The first kappa shape index (κ1) is 49.0. The van der Waals surface area contributed by atoms with Gasteiger partial charge in [0.05, 0.1) is 27.5 Å². The summed E-state index contributed by atoms with van der Waals surface area (Å²) in [5.41, 5.74) is 24.1. The van der Waals surface area contributed by atoms with Crippen molar-refractivity contribution in [1.82, 2.24) is 19.1 Å². The Kier molecular flexibility index (Phi) is 10.9. The van der Waals surface area contributed by atoms with Gasteiger partial charge < -0.3 is 0 Å². The van der Waals surface area contributed by atoms with Crippen LogP contribution in [0.4, 0.5) is 0 Å². The minimum atomic E-state index is -0.478. The number of rotatable bonds is 8. The number of aromatic nitrogens is 4. The third kappa shape index (κ3) is 7.64. The molecule has 4 nitrogen and oxygen atoms in total. The van der Waals surface area contributed by atoms with E-state index in [0.29, 0.717) is 0 Å². The average Bonchev–Trinajstić information content (AvgIpc) is 1.55. The van der Waals surface area contributed by atoms with Crippen molar-refractivity contribution in [2.24, 2.45) is 0 Å². The molecule has 0 aliphatic heterocycles. The zero-order chi connectivity index (χ0) is 57.2. The van der Waals surface area contributed by atoms with Gasteiger partial charge in [0.15, 0.2) is 0 Å². The van der Waals surface area contributed by atoms with Gasteiger partial charge in [0.25, 0.3) is 0 Å². The van der Waals surface area contributed by atoms with Crippen molar-refractivity contribution in [3.63, 3.8) is 0 Å². The number of hydrogen-bond donors (Lipinski definition) is 0. The molecule has 404 valence electrons. The van der Waals surface area contributed by atoms with E-state index in [1.54, 1.807) is 0 Å². The summed E-state index contributed by atoms with van der Waals surface area (Å²) in [6.07, 6.45) is 12.8. The minimum Gasteiger partial charge on any atom is -0.294 e. The Morgan fingerprint density at radius 1 is 0.253 bits per heavy atom. The smallest absolute Gasteiger partial charge is 0.137 e. The van der Waals surface area contributed by atoms with Crippen LogP contribution < -0.4 is 0 Å². The second-order valence-electron chi connectivity index (χ2n) is 23.3. The van der Waals surface area contributed by atoms with Crippen molar-refractivity contribution in [3.8, 4) is 56.1 Å². The fourth-order valence-electron chi connectivity index (χ4n) is 14.6. The van der Waals surface area contributed by atoms with Crippen LogP contribution in [0.5, 0.6) is 0 Å². The Hall–Kier alpha value is -11.5. The van der Waals surface area contributed by atoms with Gasteiger partial charge in [0.2, 0.25) is 0 Å². The molecular weight excluding hydrogens is 1050 g/mol. The first-order valence-electron chi connectivity index (χ1n) is 29.9. The third-order valence-electron chi connectivity index (χ3n) is 18.6. The Morgan fingerprint density at radius 3 is 1.08 bits per heavy atom. The van der Waals surface area contributed by atoms with Crippen molar-refractivity contribution >= 4 is 89.5 Å². The number of para-hydroxylation sites is 2. The predicted octanol–water partition coefficient (Wildman–Crippen LogP) is 21.0. The summed E-state index contributed by atoms with van der Waals surface area (Å²) in [4.78, 5) is 9.44. The molecule has 2 aliphatic rings. The summed E-state index contributed by atoms with van der Waals surface area (Å²) in [7, 11) is 0. The van der Waals surface area contributed by atoms with E-state index >= 15 is 0 Å². The molecule has 4 heteroatoms. The highest BCUT2D eigenvalue weighted by molar-refractivity contribution is 6.12. The van der Waals surface area contributed by atoms with E-state index in [9.17, 15) is 0 Å². The highest BCUT2D eigenvalue weighted by Crippen LogP contribution is 2.63. The molecule has 0 radical (unpaired) electrons. The molecule has 0 saturated carbocycles. The molecule has 0 fully saturated rings. The molecule has 87 heavy (non-hydrogen) atoms. The zero-order valence-corrected chi connectivity index (χ0v) is 47.3. The molecule has 12 aromatic carbocycles. The highest BCUT2D eigenvalue weighted by Gasteiger charge is 2.51. The lowest BCUT2D eigenvalue weighted by molar-refractivity contribution is 0.793. The summed E-state index contributed by atoms with van der Waals surface area (Å²) in [6.45, 7) is 0. The van der Waals surface area contributed by atoms with Gasteiger partial charge in [-0.3, -0.25) is 9.13 Å². The average molecular weight is 1110 g/mol. The molecule has 18 rings (SSSR count). The van der Waals surface area contributed by atoms with Gasteiger partial charge in [-0.25, -0.2) is 9.97 Å². The molecule has 0 amide bonds. The molecule has 0 atom stereocenters. The summed E-state index contributed by atoms with van der Waals surface area (Å²) in [6, 6.07) is 103. The molecule has 2 aliphatic carbocycles. The van der Waals surface area contributed by atoms with Gasteiger partial charge >= 0.3 is 0 Å². The maximum absolute atomic E-state index is 4.72. The Bertz CT molecular complexity index is 5240. The van der Waals surface area contributed by atoms with Crippen LogP contribution in [-0.4, -0.2) is 19.1 Å². The Morgan fingerprint density at radius 2 is 0.609 bits per heavy atom. The van der Waals surface area contributed by atoms with Gasteiger partial charge in [0, 0.05) is 33.9 Å². The normalized spacial score (nSPS) is 13.1. The van der Waals surface area contributed by atoms with Gasteiger partial charge in [-0.15, -0.1) is 0 Å². The highest BCUT2D eigenvalue weighted by atomic mass is 15.1. The van der Waals surface area contributed by atoms with Gasteiger partial charge in [0.1, 0.15) is 11.6 Å². The van der Waals surface area contributed by atoms with E-state index in [1.807, 2.05) is 36.7 Å². The van der Waals surface area contributed by atoms with E-state index in [4.69, 9.17) is 9.97 Å². The van der Waals surface area contributed by atoms with Gasteiger partial charge in [-0.2, -0.15) is 0 Å². The topological polar surface area (TPSA) is 35.6 Å². The maximum atomic E-state index is 4.72. The van der Waals surface area contributed by atoms with Gasteiger partial charge in [-0.1, -0.05) is 206 Å². The maximum Gasteiger partial charge on any atom is 0.137 e. The van der Waals surface area contributed by atoms with Crippen LogP contribution in [-0.2, 0) is 5.41 Å². The molecule has 4 aromatic heterocycles. The van der Waals surface area contributed by atoms with Crippen LogP contribution in [0.15, 0.2) is 291 Å². The lowest BCUT2D eigenvalue weighted by Crippen LogP contribution is -2.26. The van der Waals surface area contributed by atoms with Crippen molar-refractivity contribution < 1.29 is 0 Å². The van der Waals surface area contributed by atoms with E-state index in [-0.39, 0.29) is 0 Å². The van der Waals surface area contributed by atoms with E-state index < -0.39 is 5.41 Å². The van der Waals surface area contributed by atoms with Crippen LogP contribution in [0.2, 0.25) is 0 Å². The second-order valence-corrected chi connectivity index (χ2v) is 23.3. The second kappa shape index (κ2) is 19.3. The van der Waals surface area contributed by atoms with E-state index in [0.717, 1.165) is 44.8 Å². The number of fused-ring (bicyclic) bond motifs is 18. The minimum absolute atomic E-state index is 0.478. The van der Waals surface area contributed by atoms with Crippen molar-refractivity contribution in [1.29, 1.82) is 0 Å². The van der Waals surface area contributed by atoms with E-state index in [2.05, 4.69) is 288 Å². The fraction of sp³-hybridized carbons (Fsp3) is 0.0120. The Labute approximate surface area is 503 Å². The van der Waals surface area contributed by atoms with Crippen molar-refractivity contribution in [2.45, 2.75) is 5.41 Å². The molecule has 16 aromatic rings. The Balaban J connectivity index is 0.651. The molecule has 4 heterocycles. The largest absolute Gasteiger partial charge is 0.294 e. The van der Waals surface area contributed by atoms with Crippen LogP contribution >= 0.6 is 0 Å². The monoisotopic (exact) mass is 1100 g/mol. The first-order valence-corrected chi connectivity index (χ1v) is 29.9. The first-order chi connectivity index (χ1) is 43.1. The summed E-state index contributed by atoms with van der Waals surface area (Å²) < 4.78 is 4.53. The van der Waals surface area contributed by atoms with Crippen LogP contribution in [0.3, 0.4) is 0 Å². The standard InChI is InChI=1S/C83H52N4/c1-5-17-73-65(13-1)66-14-2-6-18-74(66)83(73)75-47-55(25-23-53-27-31-59-49-61(35-33-57(59)45-53)63-37-41-79-71(51-63)69-15-3-7-19-77(69)86(79)81-21-9-11-43-84-81)29-39-67(75)68-40-30-56(48-76(68)83)26-24-54-28-32-60-50-62(36-34-58(60)46-54)64-38-42-80-72(52-64)70-16-4-8-20-78(70)87(80)82-22-10-12-44-85-82/h1-52H. The molecule has 0 unspecified atom stereocenters. The summed E-state index contributed by atoms with van der Waals surface area (Å²) in [5.74, 6) is 1.84. The SMILES string of the molecule is C(=Cc1ccc2cc(-c3ccc4c(c3)c3ccccc3n4-c3ccccn3)ccc2c1)c1ccc2c(c1)C1(c3ccccc3-c3ccccc31)c1cc(C=Cc3ccc4cc(-c5ccc6c(c5)c5ccccc5n6-c5ccccn5)ccc4c3)ccc1-2. The molecule has 0 bridgehead atoms. The number of pyridine rings is 2. The van der Waals surface area contributed by atoms with Crippen LogP contribution in [0.25, 0.3) is 146 Å². The van der Waals surface area contributed by atoms with Crippen LogP contribution in [0.1, 0.15) is 44.5 Å². The van der Waals surface area contributed by atoms with E-state index in [1.165, 1.54) is 121 Å². The van der Waals surface area contributed by atoms with Crippen molar-refractivity contribution in [2.75, 3.05) is 0 Å². The quantitative estimate of drug-likeness (QED) is 0.142. The molecule has 0 saturated heterocycles. The lowest BCUT2D eigenvalue weighted by atomic mass is 9.70. The predicted molar refractivity (Wildman–Crippen MR) is 364 cm³/mol. The van der Waals surface area contributed by atoms with Gasteiger partial charge in [-0.05, 0) is 208 Å². The van der Waals surface area contributed by atoms with Crippen molar-refractivity contribution in [3.05, 3.63) is 336 Å². The fourth-order valence-corrected chi connectivity index (χ4v) is 14.6. The number of nitrogens with zero attached hydrogens (tertiary/aromatic N) is 4. The summed E-state index contributed by atoms with van der Waals surface area (Å²) in [5, 5.41) is 9.73. The van der Waals surface area contributed by atoms with Crippen LogP contribution in [0, 0.1) is 0 Å². The molecule has 0 N–H and O–H groups in total. The summed E-state index contributed by atoms with van der Waals surface area (Å²) >= 11 is 0.